The molecule has 2 aliphatic rings. The molecule has 0 saturated carbocycles. The maximum absolute atomic E-state index is 13.1. The lowest BCUT2D eigenvalue weighted by Gasteiger charge is -2.29. The van der Waals surface area contributed by atoms with Crippen molar-refractivity contribution < 1.29 is 14.3 Å². The van der Waals surface area contributed by atoms with Gasteiger partial charge in [0.25, 0.3) is 0 Å². The molecule has 0 spiro atoms. The van der Waals surface area contributed by atoms with Gasteiger partial charge in [0, 0.05) is 29.6 Å². The second-order valence-electron chi connectivity index (χ2n) is 9.53. The number of thiophene rings is 1. The van der Waals surface area contributed by atoms with Crippen molar-refractivity contribution in [2.45, 2.75) is 25.8 Å². The predicted octanol–water partition coefficient (Wildman–Crippen LogP) is 5.75. The molecule has 0 N–H and O–H groups in total. The molecule has 5 rings (SSSR count). The molecule has 2 aromatic carbocycles. The Morgan fingerprint density at radius 3 is 2.91 bits per heavy atom. The Kier molecular flexibility index (Phi) is 7.61. The second-order valence-corrected chi connectivity index (χ2v) is 10.7. The fourth-order valence-corrected chi connectivity index (χ4v) is 5.79. The van der Waals surface area contributed by atoms with Crippen LogP contribution in [0.25, 0.3) is 11.1 Å². The van der Waals surface area contributed by atoms with Crippen LogP contribution in [-0.2, 0) is 17.8 Å². The molecule has 0 radical (unpaired) electrons. The molecule has 0 aliphatic carbocycles. The minimum atomic E-state index is 0.112. The molecule has 3 heterocycles. The van der Waals surface area contributed by atoms with Crippen molar-refractivity contribution in [1.29, 1.82) is 0 Å². The third-order valence-electron chi connectivity index (χ3n) is 6.74. The van der Waals surface area contributed by atoms with Crippen molar-refractivity contribution in [1.82, 2.24) is 9.80 Å². The van der Waals surface area contributed by atoms with E-state index in [1.54, 1.807) is 11.3 Å². The maximum Gasteiger partial charge on any atom is 0.227 e. The highest BCUT2D eigenvalue weighted by Gasteiger charge is 2.25. The summed E-state index contributed by atoms with van der Waals surface area (Å²) in [6.45, 7) is 4.34. The van der Waals surface area contributed by atoms with Crippen molar-refractivity contribution in [3.63, 3.8) is 0 Å². The first-order chi connectivity index (χ1) is 17.0. The van der Waals surface area contributed by atoms with Gasteiger partial charge in [0.2, 0.25) is 5.91 Å². The van der Waals surface area contributed by atoms with E-state index in [0.717, 1.165) is 46.8 Å². The van der Waals surface area contributed by atoms with Gasteiger partial charge in [0.15, 0.2) is 11.5 Å². The van der Waals surface area contributed by atoms with E-state index in [4.69, 9.17) is 21.1 Å². The van der Waals surface area contributed by atoms with Gasteiger partial charge < -0.3 is 19.3 Å². The molecule has 1 amide bonds. The van der Waals surface area contributed by atoms with Crippen LogP contribution >= 0.6 is 22.9 Å². The molecule has 5 nitrogen and oxygen atoms in total. The van der Waals surface area contributed by atoms with Gasteiger partial charge >= 0.3 is 0 Å². The number of benzene rings is 2. The predicted molar refractivity (Wildman–Crippen MR) is 142 cm³/mol. The summed E-state index contributed by atoms with van der Waals surface area (Å²) in [4.78, 5) is 17.4. The summed E-state index contributed by atoms with van der Waals surface area (Å²) in [5, 5.41) is 4.73. The fourth-order valence-electron chi connectivity index (χ4n) is 4.94. The number of carbonyl (C=O) groups excluding carboxylic acids is 1. The van der Waals surface area contributed by atoms with Crippen LogP contribution in [0.5, 0.6) is 11.5 Å². The van der Waals surface area contributed by atoms with Crippen LogP contribution in [-0.4, -0.2) is 55.6 Å². The number of likely N-dealkylation sites (tertiary alicyclic amines) is 1. The van der Waals surface area contributed by atoms with E-state index < -0.39 is 0 Å². The highest BCUT2D eigenvalue weighted by atomic mass is 35.5. The highest BCUT2D eigenvalue weighted by molar-refractivity contribution is 7.08. The molecular formula is C28H31ClN2O3S. The minimum absolute atomic E-state index is 0.112. The molecule has 1 aromatic heterocycles. The van der Waals surface area contributed by atoms with Crippen LogP contribution in [0.4, 0.5) is 0 Å². The number of piperidine rings is 1. The third-order valence-corrected chi connectivity index (χ3v) is 7.71. The summed E-state index contributed by atoms with van der Waals surface area (Å²) >= 11 is 7.92. The van der Waals surface area contributed by atoms with E-state index >= 15 is 0 Å². The van der Waals surface area contributed by atoms with Crippen LogP contribution in [0.2, 0.25) is 5.02 Å². The van der Waals surface area contributed by atoms with E-state index in [-0.39, 0.29) is 5.91 Å². The lowest BCUT2D eigenvalue weighted by Crippen LogP contribution is -2.34. The Morgan fingerprint density at radius 1 is 1.20 bits per heavy atom. The van der Waals surface area contributed by atoms with Crippen molar-refractivity contribution >= 4 is 28.8 Å². The second kappa shape index (κ2) is 11.0. The smallest absolute Gasteiger partial charge is 0.227 e. The van der Waals surface area contributed by atoms with Crippen molar-refractivity contribution in [3.05, 3.63) is 69.4 Å². The van der Waals surface area contributed by atoms with Crippen LogP contribution in [0.3, 0.4) is 0 Å². The molecule has 1 fully saturated rings. The lowest BCUT2D eigenvalue weighted by molar-refractivity contribution is -0.131. The zero-order chi connectivity index (χ0) is 24.2. The lowest BCUT2D eigenvalue weighted by atomic mass is 9.99. The van der Waals surface area contributed by atoms with Crippen molar-refractivity contribution in [2.75, 3.05) is 39.9 Å². The van der Waals surface area contributed by atoms with E-state index in [0.29, 0.717) is 43.7 Å². The number of halogens is 1. The fraction of sp³-hybridized carbons (Fsp3) is 0.393. The van der Waals surface area contributed by atoms with Gasteiger partial charge in [0.1, 0.15) is 6.61 Å². The first kappa shape index (κ1) is 24.2. The molecule has 1 saturated heterocycles. The number of rotatable bonds is 6. The zero-order valence-electron chi connectivity index (χ0n) is 20.0. The van der Waals surface area contributed by atoms with Crippen LogP contribution in [0, 0.1) is 5.92 Å². The standard InChI is InChI=1S/C28H31ClN2O3S/c1-30-8-3-4-21(16-30)18-34-26-15-23(22-5-2-6-25(29)14-22)13-24-17-31(9-10-33-28(24)26)27(32)12-20-7-11-35-19-20/h2,5-7,11,13-15,19,21H,3-4,8-10,12,16-18H2,1H3/t21-/m0/s1. The molecule has 7 heteroatoms. The summed E-state index contributed by atoms with van der Waals surface area (Å²) in [7, 11) is 2.17. The van der Waals surface area contributed by atoms with E-state index in [1.807, 2.05) is 46.0 Å². The highest BCUT2D eigenvalue weighted by Crippen LogP contribution is 2.39. The van der Waals surface area contributed by atoms with Gasteiger partial charge in [-0.2, -0.15) is 11.3 Å². The number of carbonyl (C=O) groups is 1. The topological polar surface area (TPSA) is 42.0 Å². The molecule has 0 bridgehead atoms. The van der Waals surface area contributed by atoms with Crippen molar-refractivity contribution in [3.8, 4) is 22.6 Å². The molecule has 2 aliphatic heterocycles. The minimum Gasteiger partial charge on any atom is -0.489 e. The number of ether oxygens (including phenoxy) is 2. The largest absolute Gasteiger partial charge is 0.489 e. The van der Waals surface area contributed by atoms with Crippen molar-refractivity contribution in [2.24, 2.45) is 5.92 Å². The van der Waals surface area contributed by atoms with E-state index in [9.17, 15) is 4.79 Å². The average Bonchev–Trinajstić information content (AvgIpc) is 3.26. The molecule has 35 heavy (non-hydrogen) atoms. The Hall–Kier alpha value is -2.54. The Morgan fingerprint density at radius 2 is 2.11 bits per heavy atom. The molecule has 184 valence electrons. The van der Waals surface area contributed by atoms with Crippen LogP contribution in [0.15, 0.2) is 53.2 Å². The van der Waals surface area contributed by atoms with Gasteiger partial charge in [-0.3, -0.25) is 4.79 Å². The first-order valence-electron chi connectivity index (χ1n) is 12.2. The number of hydrogen-bond acceptors (Lipinski definition) is 5. The SMILES string of the molecule is CN1CCC[C@H](COc2cc(-c3cccc(Cl)c3)cc3c2OCCN(C(=O)Cc2ccsc2)C3)C1. The monoisotopic (exact) mass is 510 g/mol. The van der Waals surface area contributed by atoms with Gasteiger partial charge in [0.05, 0.1) is 19.6 Å². The quantitative estimate of drug-likeness (QED) is 0.423. The summed E-state index contributed by atoms with van der Waals surface area (Å²) < 4.78 is 12.7. The Labute approximate surface area is 216 Å². The normalized spacial score (nSPS) is 18.5. The van der Waals surface area contributed by atoms with E-state index in [1.165, 1.54) is 12.8 Å². The van der Waals surface area contributed by atoms with E-state index in [2.05, 4.69) is 24.1 Å². The summed E-state index contributed by atoms with van der Waals surface area (Å²) in [5.41, 5.74) is 4.05. The average molecular weight is 511 g/mol. The number of nitrogens with zero attached hydrogens (tertiary/aromatic N) is 2. The van der Waals surface area contributed by atoms with Gasteiger partial charge in [-0.25, -0.2) is 0 Å². The number of amides is 1. The maximum atomic E-state index is 13.1. The summed E-state index contributed by atoms with van der Waals surface area (Å²) in [6, 6.07) is 14.0. The molecule has 0 unspecified atom stereocenters. The molecule has 1 atom stereocenters. The van der Waals surface area contributed by atoms with Gasteiger partial charge in [-0.05, 0) is 84.2 Å². The number of hydrogen-bond donors (Lipinski definition) is 0. The summed E-state index contributed by atoms with van der Waals surface area (Å²) in [5.74, 6) is 2.11. The number of fused-ring (bicyclic) bond motifs is 1. The third kappa shape index (κ3) is 6.00. The Balaban J connectivity index is 1.43. The van der Waals surface area contributed by atoms with Gasteiger partial charge in [-0.1, -0.05) is 23.7 Å². The Bertz CT molecular complexity index is 1170. The van der Waals surface area contributed by atoms with Crippen LogP contribution in [0.1, 0.15) is 24.0 Å². The summed E-state index contributed by atoms with van der Waals surface area (Å²) in [6.07, 6.45) is 2.78. The molecular weight excluding hydrogens is 480 g/mol. The molecule has 3 aromatic rings. The first-order valence-corrected chi connectivity index (χ1v) is 13.5. The van der Waals surface area contributed by atoms with Gasteiger partial charge in [-0.15, -0.1) is 0 Å². The zero-order valence-corrected chi connectivity index (χ0v) is 21.6. The van der Waals surface area contributed by atoms with Crippen LogP contribution < -0.4 is 9.47 Å².